The monoisotopic (exact) mass is 2310 g/mol. The summed E-state index contributed by atoms with van der Waals surface area (Å²) < 4.78 is 0. The van der Waals surface area contributed by atoms with Crippen LogP contribution in [0.3, 0.4) is 0 Å². The zero-order valence-corrected chi connectivity index (χ0v) is 102. The van der Waals surface area contributed by atoms with Gasteiger partial charge in [0, 0.05) is 64.8 Å². The van der Waals surface area contributed by atoms with Crippen molar-refractivity contribution in [2.24, 2.45) is 0 Å². The Balaban J connectivity index is 0.000000252. The van der Waals surface area contributed by atoms with E-state index in [0.29, 0.717) is 71.7 Å². The Kier molecular flexibility index (Phi) is 63.1. The third kappa shape index (κ3) is 45.0. The van der Waals surface area contributed by atoms with E-state index in [0.717, 1.165) is 75.9 Å². The third-order valence-electron chi connectivity index (χ3n) is 24.5. The van der Waals surface area contributed by atoms with E-state index in [4.69, 9.17) is 93.0 Å². The summed E-state index contributed by atoms with van der Waals surface area (Å²) in [6, 6.07) is 63.6. The van der Waals surface area contributed by atoms with Crippen LogP contribution < -0.4 is 53.0 Å². The molecule has 0 radical (unpaired) electrons. The zero-order chi connectivity index (χ0) is 99.7. The second kappa shape index (κ2) is 69.0. The molecule has 0 spiro atoms. The second-order valence-electron chi connectivity index (χ2n) is 37.2. The first-order chi connectivity index (χ1) is 65.2. The van der Waals surface area contributed by atoms with E-state index in [1.165, 1.54) is 255 Å². The first-order valence-corrected chi connectivity index (χ1v) is 73.4. The van der Waals surface area contributed by atoms with E-state index in [-0.39, 0.29) is 10.8 Å². The fourth-order valence-corrected chi connectivity index (χ4v) is 24.1. The van der Waals surface area contributed by atoms with Crippen molar-refractivity contribution in [3.05, 3.63) is 265 Å². The fraction of sp³-hybridized carbons (Fsp3) is 0.434. The summed E-state index contributed by atoms with van der Waals surface area (Å²) in [5, 5.41) is 64.6. The van der Waals surface area contributed by atoms with E-state index < -0.39 is 85.2 Å². The number of benzene rings is 10. The molecule has 5 unspecified atom stereocenters. The van der Waals surface area contributed by atoms with E-state index in [9.17, 15) is 25.5 Å². The number of likely N-dealkylation sites (tertiary alicyclic amines) is 5. The molecule has 0 aliphatic carbocycles. The Bertz CT molecular complexity index is 5080. The van der Waals surface area contributed by atoms with Crippen LogP contribution in [-0.4, -0.2) is 115 Å². The fourth-order valence-electron chi connectivity index (χ4n) is 17.3. The average Bonchev–Trinajstić information content (AvgIpc) is 0.769. The summed E-state index contributed by atoms with van der Waals surface area (Å²) in [4.78, 5) is 12.9. The van der Waals surface area contributed by atoms with Gasteiger partial charge in [-0.15, -0.1) is 0 Å². The summed E-state index contributed by atoms with van der Waals surface area (Å²) in [7, 11) is 51.4. The van der Waals surface area contributed by atoms with Gasteiger partial charge in [-0.2, -0.15) is 0 Å². The van der Waals surface area contributed by atoms with Crippen LogP contribution in [0.2, 0.25) is 0 Å². The van der Waals surface area contributed by atoms with Gasteiger partial charge in [0.2, 0.25) is 0 Å². The quantitative estimate of drug-likeness (QED) is 0.0373. The number of rotatable bonds is 20. The van der Waals surface area contributed by atoms with Crippen molar-refractivity contribution < 1.29 is 111 Å². The van der Waals surface area contributed by atoms with Gasteiger partial charge in [0.05, 0.1) is 0 Å². The molecule has 30 heteroatoms. The molecule has 5 atom stereocenters. The molecule has 10 aromatic rings. The molecular formula is C106H142Cl10N5O5P5Ti5. The van der Waals surface area contributed by atoms with Gasteiger partial charge < -0.3 is 25.5 Å². The summed E-state index contributed by atoms with van der Waals surface area (Å²) in [5.41, 5.74) is 19.1. The van der Waals surface area contributed by atoms with Crippen LogP contribution in [0, 0.1) is 55.4 Å². The normalized spacial score (nSPS) is 15.1. The average molecular weight is 2320 g/mol. The molecule has 0 bridgehead atoms. The number of nitrogens with zero attached hydrogens (tertiary/aromatic N) is 5. The number of hydrogen-bond acceptors (Lipinski definition) is 10. The number of halogens is 10. The molecule has 5 N–H and O–H groups in total. The van der Waals surface area contributed by atoms with E-state index >= 15 is 0 Å². The molecule has 15 rings (SSSR count). The van der Waals surface area contributed by atoms with Crippen molar-refractivity contribution in [1.82, 2.24) is 24.5 Å². The van der Waals surface area contributed by atoms with Crippen LogP contribution >= 0.6 is 136 Å². The summed E-state index contributed by atoms with van der Waals surface area (Å²) in [5.74, 6) is 2.23. The number of phenolic OH excluding ortho intramolecular Hbond substituents is 5. The molecular weight excluding hydrogens is 2170 g/mol. The Morgan fingerprint density at radius 2 is 0.537 bits per heavy atom. The standard InChI is InChI=1S/C26H38NOP.C21H28NOP.2C20H26NOP.C19H24NOP.10ClH.5Ti/c1-25(2,3)20-16-21(26(4,5)6)24(28)23(17-20)29-22-13-9-8-12-19(22)18-27-14-10-7-11-15-27;1-15-12-17(3)20(23)19(13-15)24-21-16(2)8-7-9-18(21)14-22-10-5-4-6-11-22;1-15-8-7-11-18(19(15)22)23-20-16(2)9-6-10-17(20)14-21-12-4-3-5-13-21;1-15-9-10-18(22)19(13-15)23-20-16(2)7-6-8-17(20)14-21-11-4-3-5-12-21;1-15-8-7-9-16(14-20-12-5-2-6-13-20)19(15)22-18-11-4-3-10-17(18)21;;;;;;;;;;;;;;;/h8-9,12-13,16-17,28-29H,7,10-11,14-15,18H2,1-6H3;7-9,12-13,23-24H,4-6,10-11,14H2,1-3H3;6-11,22-23H,3-5,12-14H2,1-2H3;6-10,13,22-23H,3-5,11-12,14H2,1-2H3;3-4,7-11,21-22H,2,5-6,12-14H2,1H3;10*1H;;;;;/q;;;;;;;;;;;;;;;5*+2/p-10. The number of phenols is 5. The molecule has 5 heterocycles. The Morgan fingerprint density at radius 3 is 0.912 bits per heavy atom. The minimum atomic E-state index is -0.556. The van der Waals surface area contributed by atoms with Gasteiger partial charge in [0.1, 0.15) is 28.7 Å². The first-order valence-electron chi connectivity index (χ1n) is 46.9. The van der Waals surface area contributed by atoms with Gasteiger partial charge in [-0.05, 0) is 325 Å². The molecule has 0 amide bonds. The molecule has 736 valence electrons. The van der Waals surface area contributed by atoms with Crippen LogP contribution in [0.5, 0.6) is 28.7 Å². The van der Waals surface area contributed by atoms with E-state index in [1.54, 1.807) is 6.07 Å². The minimum absolute atomic E-state index is 0.0558. The summed E-state index contributed by atoms with van der Waals surface area (Å²) >= 11 is -2.78. The number of hydrogen-bond donors (Lipinski definition) is 5. The molecule has 5 saturated heterocycles. The predicted octanol–water partition coefficient (Wildman–Crippen LogP) is 27.0. The van der Waals surface area contributed by atoms with Crippen molar-refractivity contribution in [2.75, 3.05) is 65.4 Å². The molecule has 5 aliphatic heterocycles. The molecule has 5 fully saturated rings. The second-order valence-corrected chi connectivity index (χ2v) is 56.5. The van der Waals surface area contributed by atoms with Crippen LogP contribution in [0.4, 0.5) is 0 Å². The molecule has 5 aliphatic rings. The number of aryl methyl sites for hydroxylation is 8. The predicted molar refractivity (Wildman–Crippen MR) is 590 cm³/mol. The molecule has 136 heavy (non-hydrogen) atoms. The van der Waals surface area contributed by atoms with Gasteiger partial charge in [-0.25, -0.2) is 0 Å². The molecule has 10 nitrogen and oxygen atoms in total. The van der Waals surface area contributed by atoms with E-state index in [1.807, 2.05) is 56.3 Å². The van der Waals surface area contributed by atoms with Crippen LogP contribution in [0.25, 0.3) is 0 Å². The summed E-state index contributed by atoms with van der Waals surface area (Å²) in [6.45, 7) is 47.5. The van der Waals surface area contributed by atoms with Gasteiger partial charge in [-0.3, -0.25) is 24.5 Å². The Labute approximate surface area is 909 Å². The molecule has 0 saturated carbocycles. The zero-order valence-electron chi connectivity index (χ0n) is 81.8. The molecule has 0 aromatic heterocycles. The van der Waals surface area contributed by atoms with Crippen molar-refractivity contribution in [3.63, 3.8) is 0 Å². The molecule has 10 aromatic carbocycles. The Morgan fingerprint density at radius 1 is 0.250 bits per heavy atom. The van der Waals surface area contributed by atoms with Crippen LogP contribution in [-0.2, 0) is 129 Å². The first kappa shape index (κ1) is 124. The maximum atomic E-state index is 11.2. The van der Waals surface area contributed by atoms with E-state index in [2.05, 4.69) is 241 Å². The van der Waals surface area contributed by atoms with Crippen LogP contribution in [0.1, 0.15) is 221 Å². The van der Waals surface area contributed by atoms with Crippen molar-refractivity contribution in [1.29, 1.82) is 0 Å². The van der Waals surface area contributed by atoms with Gasteiger partial charge in [0.15, 0.2) is 0 Å². The summed E-state index contributed by atoms with van der Waals surface area (Å²) in [6.07, 6.45) is 20.0. The van der Waals surface area contributed by atoms with Crippen molar-refractivity contribution in [3.8, 4) is 28.7 Å². The third-order valence-corrected chi connectivity index (χ3v) is 32.5. The van der Waals surface area contributed by atoms with Gasteiger partial charge in [0.25, 0.3) is 0 Å². The number of para-hydroxylation sites is 2. The SMILES string of the molecule is CC(C)(C)c1cc(Pc2ccccc2CN2CCCCC2)c(O)c(C(C)(C)C)c1.Cc1cc(C)c(O)c(Pc2c(C)cccc2CN2CCCCC2)c1.Cc1ccc(O)c(Pc2c(C)cccc2CN2CCCCC2)c1.Cc1cccc(CN2CCCCC2)c1Pc1ccccc1O.Cc1cccc(Pc2c(C)cccc2CN2CCCCC2)c1O.[Cl][Ti][Cl].[Cl][Ti][Cl].[Cl][Ti][Cl].[Cl][Ti][Cl].[Cl][Ti][Cl]. The maximum absolute atomic E-state index is 11.2. The van der Waals surface area contributed by atoms with Crippen LogP contribution in [0.15, 0.2) is 182 Å². The van der Waals surface area contributed by atoms with Crippen molar-refractivity contribution >= 4 is 189 Å². The number of piperidine rings is 5. The van der Waals surface area contributed by atoms with Crippen molar-refractivity contribution in [2.45, 2.75) is 237 Å². The Hall–Kier alpha value is -0.379. The van der Waals surface area contributed by atoms with Gasteiger partial charge >= 0.3 is 178 Å². The number of aromatic hydroxyl groups is 5. The van der Waals surface area contributed by atoms with Gasteiger partial charge in [-0.1, -0.05) is 274 Å². The topological polar surface area (TPSA) is 117 Å².